The lowest BCUT2D eigenvalue weighted by Gasteiger charge is -2.15. The second-order valence-corrected chi connectivity index (χ2v) is 5.03. The topological polar surface area (TPSA) is 65.7 Å². The molecule has 7 heteroatoms. The van der Waals surface area contributed by atoms with Gasteiger partial charge in [0.1, 0.15) is 12.4 Å². The highest BCUT2D eigenvalue weighted by Gasteiger charge is 2.12. The fourth-order valence-corrected chi connectivity index (χ4v) is 2.06. The molecule has 6 nitrogen and oxygen atoms in total. The van der Waals surface area contributed by atoms with E-state index in [-0.39, 0.29) is 24.2 Å². The molecule has 2 rings (SSSR count). The van der Waals surface area contributed by atoms with Gasteiger partial charge in [-0.15, -0.1) is 5.10 Å². The van der Waals surface area contributed by atoms with Gasteiger partial charge in [-0.05, 0) is 26.0 Å². The Morgan fingerprint density at radius 1 is 1.38 bits per heavy atom. The molecular formula is C14H17N3O3S. The Balaban J connectivity index is 2.27. The molecule has 21 heavy (non-hydrogen) atoms. The molecule has 0 radical (unpaired) electrons. The first-order valence-corrected chi connectivity index (χ1v) is 7.21. The maximum Gasteiger partial charge on any atom is 0.233 e. The van der Waals surface area contributed by atoms with Crippen LogP contribution in [0.3, 0.4) is 0 Å². The third-order valence-corrected chi connectivity index (χ3v) is 2.93. The Morgan fingerprint density at radius 3 is 2.81 bits per heavy atom. The van der Waals surface area contributed by atoms with E-state index in [2.05, 4.69) is 9.46 Å². The monoisotopic (exact) mass is 307 g/mol. The Bertz CT molecular complexity index is 663. The van der Waals surface area contributed by atoms with Crippen LogP contribution < -0.4 is 9.47 Å². The smallest absolute Gasteiger partial charge is 0.233 e. The van der Waals surface area contributed by atoms with Crippen molar-refractivity contribution in [1.29, 1.82) is 0 Å². The molecule has 0 atom stereocenters. The molecule has 0 unspecified atom stereocenters. The fourth-order valence-electron chi connectivity index (χ4n) is 1.81. The predicted molar refractivity (Wildman–Crippen MR) is 80.0 cm³/mol. The summed E-state index contributed by atoms with van der Waals surface area (Å²) in [6.07, 6.45) is 1.82. The number of benzene rings is 1. The van der Waals surface area contributed by atoms with Crippen LogP contribution in [0.4, 0.5) is 5.69 Å². The van der Waals surface area contributed by atoms with Crippen LogP contribution in [0, 0.1) is 0 Å². The van der Waals surface area contributed by atoms with Gasteiger partial charge in [0.15, 0.2) is 0 Å². The first kappa shape index (κ1) is 15.2. The van der Waals surface area contributed by atoms with Crippen LogP contribution >= 0.6 is 0 Å². The SMILES string of the molecule is CC(C)Oc1cccc(N=S=O)c1COc1ccn(C)n1. The summed E-state index contributed by atoms with van der Waals surface area (Å²) in [5.41, 5.74) is 1.30. The first-order valence-electron chi connectivity index (χ1n) is 6.51. The molecule has 0 spiro atoms. The molecular weight excluding hydrogens is 290 g/mol. The molecule has 0 aliphatic carbocycles. The van der Waals surface area contributed by atoms with Crippen LogP contribution in [0.25, 0.3) is 0 Å². The zero-order valence-corrected chi connectivity index (χ0v) is 13.0. The number of rotatable bonds is 6. The molecule has 0 aliphatic heterocycles. The van der Waals surface area contributed by atoms with Crippen molar-refractivity contribution in [2.45, 2.75) is 26.6 Å². The van der Waals surface area contributed by atoms with E-state index >= 15 is 0 Å². The summed E-state index contributed by atoms with van der Waals surface area (Å²) in [5.74, 6) is 1.17. The number of hydrogen-bond donors (Lipinski definition) is 0. The van der Waals surface area contributed by atoms with Gasteiger partial charge in [0, 0.05) is 19.3 Å². The van der Waals surface area contributed by atoms with Gasteiger partial charge in [-0.3, -0.25) is 4.68 Å². The fraction of sp³-hybridized carbons (Fsp3) is 0.357. The molecule has 1 heterocycles. The van der Waals surface area contributed by atoms with Gasteiger partial charge in [0.25, 0.3) is 0 Å². The summed E-state index contributed by atoms with van der Waals surface area (Å²) in [6, 6.07) is 7.17. The molecule has 1 aromatic heterocycles. The number of nitrogens with zero attached hydrogens (tertiary/aromatic N) is 3. The van der Waals surface area contributed by atoms with Gasteiger partial charge in [-0.2, -0.15) is 8.57 Å². The zero-order chi connectivity index (χ0) is 15.2. The summed E-state index contributed by atoms with van der Waals surface area (Å²) in [7, 11) is 1.82. The maximum absolute atomic E-state index is 10.7. The van der Waals surface area contributed by atoms with Gasteiger partial charge in [-0.25, -0.2) is 0 Å². The largest absolute Gasteiger partial charge is 0.491 e. The van der Waals surface area contributed by atoms with Crippen molar-refractivity contribution in [1.82, 2.24) is 9.78 Å². The van der Waals surface area contributed by atoms with E-state index in [4.69, 9.17) is 9.47 Å². The molecule has 0 aliphatic rings. The summed E-state index contributed by atoms with van der Waals surface area (Å²) in [5, 5.41) is 4.15. The Kier molecular flexibility index (Phi) is 5.10. The van der Waals surface area contributed by atoms with E-state index in [9.17, 15) is 4.21 Å². The first-order chi connectivity index (χ1) is 10.1. The van der Waals surface area contributed by atoms with Gasteiger partial charge in [-0.1, -0.05) is 6.07 Å². The van der Waals surface area contributed by atoms with E-state index in [0.717, 1.165) is 5.56 Å². The Labute approximate surface area is 126 Å². The van der Waals surface area contributed by atoms with E-state index < -0.39 is 0 Å². The molecule has 0 saturated carbocycles. The minimum atomic E-state index is 0.0220. The number of hydrogen-bond acceptors (Lipinski definition) is 5. The Hall–Kier alpha value is -2.15. The maximum atomic E-state index is 10.7. The summed E-state index contributed by atoms with van der Waals surface area (Å²) >= 11 is 0.166. The van der Waals surface area contributed by atoms with E-state index in [1.54, 1.807) is 29.1 Å². The Morgan fingerprint density at radius 2 is 2.19 bits per heavy atom. The average molecular weight is 307 g/mol. The molecule has 0 fully saturated rings. The highest BCUT2D eigenvalue weighted by atomic mass is 32.1. The van der Waals surface area contributed by atoms with Crippen molar-refractivity contribution in [2.75, 3.05) is 0 Å². The lowest BCUT2D eigenvalue weighted by Crippen LogP contribution is -2.09. The van der Waals surface area contributed by atoms with Gasteiger partial charge in [0.2, 0.25) is 17.3 Å². The van der Waals surface area contributed by atoms with Crippen molar-refractivity contribution in [3.8, 4) is 11.6 Å². The third kappa shape index (κ3) is 4.16. The normalized spacial score (nSPS) is 10.5. The average Bonchev–Trinajstić information content (AvgIpc) is 2.83. The van der Waals surface area contributed by atoms with Crippen molar-refractivity contribution in [3.63, 3.8) is 0 Å². The van der Waals surface area contributed by atoms with E-state index in [1.165, 1.54) is 0 Å². The summed E-state index contributed by atoms with van der Waals surface area (Å²) < 4.78 is 27.6. The number of aryl methyl sites for hydroxylation is 1. The molecule has 2 aromatic rings. The quantitative estimate of drug-likeness (QED) is 0.823. The second kappa shape index (κ2) is 7.03. The minimum Gasteiger partial charge on any atom is -0.491 e. The summed E-state index contributed by atoms with van der Waals surface area (Å²) in [4.78, 5) is 0. The minimum absolute atomic E-state index is 0.0220. The molecule has 0 bridgehead atoms. The highest BCUT2D eigenvalue weighted by Crippen LogP contribution is 2.30. The molecule has 0 saturated heterocycles. The standard InChI is InChI=1S/C14H17N3O3S/c1-10(2)20-13-6-4-5-12(16-21-18)11(13)9-19-14-7-8-17(3)15-14/h4-8,10H,9H2,1-3H3. The van der Waals surface area contributed by atoms with Crippen LogP contribution in [0.1, 0.15) is 19.4 Å². The number of aromatic nitrogens is 2. The van der Waals surface area contributed by atoms with Crippen LogP contribution in [0.5, 0.6) is 11.6 Å². The van der Waals surface area contributed by atoms with E-state index in [0.29, 0.717) is 17.3 Å². The third-order valence-electron chi connectivity index (χ3n) is 2.66. The lowest BCUT2D eigenvalue weighted by atomic mass is 10.1. The second-order valence-electron chi connectivity index (χ2n) is 4.70. The molecule has 0 amide bonds. The highest BCUT2D eigenvalue weighted by molar-refractivity contribution is 7.54. The molecule has 112 valence electrons. The number of ether oxygens (including phenoxy) is 2. The zero-order valence-electron chi connectivity index (χ0n) is 12.1. The van der Waals surface area contributed by atoms with Crippen LogP contribution in [0.15, 0.2) is 34.8 Å². The van der Waals surface area contributed by atoms with Crippen molar-refractivity contribution in [2.24, 2.45) is 11.4 Å². The van der Waals surface area contributed by atoms with Crippen LogP contribution in [-0.4, -0.2) is 20.1 Å². The molecule has 1 aromatic carbocycles. The van der Waals surface area contributed by atoms with Gasteiger partial charge >= 0.3 is 0 Å². The predicted octanol–water partition coefficient (Wildman–Crippen LogP) is 2.81. The molecule has 0 N–H and O–H groups in total. The van der Waals surface area contributed by atoms with Gasteiger partial charge in [0.05, 0.1) is 17.4 Å². The van der Waals surface area contributed by atoms with Crippen molar-refractivity contribution >= 4 is 17.2 Å². The van der Waals surface area contributed by atoms with E-state index in [1.807, 2.05) is 27.0 Å². The van der Waals surface area contributed by atoms with Crippen LogP contribution in [0.2, 0.25) is 0 Å². The van der Waals surface area contributed by atoms with Crippen molar-refractivity contribution in [3.05, 3.63) is 36.0 Å². The summed E-state index contributed by atoms with van der Waals surface area (Å²) in [6.45, 7) is 4.12. The van der Waals surface area contributed by atoms with Crippen LogP contribution in [-0.2, 0) is 25.1 Å². The van der Waals surface area contributed by atoms with Gasteiger partial charge < -0.3 is 9.47 Å². The van der Waals surface area contributed by atoms with Crippen molar-refractivity contribution < 1.29 is 13.7 Å². The lowest BCUT2D eigenvalue weighted by molar-refractivity contribution is 0.229.